The third kappa shape index (κ3) is 13.1. The van der Waals surface area contributed by atoms with Gasteiger partial charge in [-0.1, -0.05) is 94.9 Å². The Morgan fingerprint density at radius 1 is 0.455 bits per heavy atom. The van der Waals surface area contributed by atoms with Crippen LogP contribution < -0.4 is 0 Å². The summed E-state index contributed by atoms with van der Waals surface area (Å²) in [6.45, 7) is 5.22. The van der Waals surface area contributed by atoms with E-state index >= 15 is 0 Å². The molecule has 0 aliphatic carbocycles. The lowest BCUT2D eigenvalue weighted by atomic mass is 10.1. The Bertz CT molecular complexity index is 1220. The second-order valence-corrected chi connectivity index (χ2v) is 13.2. The lowest BCUT2D eigenvalue weighted by Crippen LogP contribution is -2.25. The average molecular weight is 693 g/mol. The van der Waals surface area contributed by atoms with E-state index < -0.39 is 8.25 Å². The maximum atomic E-state index is 12.5. The fourth-order valence-corrected chi connectivity index (χ4v) is 5.85. The fraction of sp³-hybridized carbons (Fsp3) is 0.294. The van der Waals surface area contributed by atoms with Crippen LogP contribution in [-0.2, 0) is 39.8 Å². The average Bonchev–Trinajstić information content (AvgIpc) is 3.02. The zero-order valence-corrected chi connectivity index (χ0v) is 28.3. The number of hydrogen-bond acceptors (Lipinski definition) is 5. The molecule has 232 valence electrons. The van der Waals surface area contributed by atoms with Gasteiger partial charge in [-0.05, 0) is 83.6 Å². The van der Waals surface area contributed by atoms with Gasteiger partial charge in [0.2, 0.25) is 0 Å². The zero-order chi connectivity index (χ0) is 31.1. The smallest absolute Gasteiger partial charge is 0.295 e. The van der Waals surface area contributed by atoms with Crippen molar-refractivity contribution in [2.75, 3.05) is 26.3 Å². The van der Waals surface area contributed by atoms with Crippen molar-refractivity contribution in [1.29, 1.82) is 0 Å². The quantitative estimate of drug-likeness (QED) is 0.0767. The van der Waals surface area contributed by atoms with E-state index in [1.807, 2.05) is 97.1 Å². The minimum Gasteiger partial charge on any atom is -0.295 e. The summed E-state index contributed by atoms with van der Waals surface area (Å²) in [5.41, 5.74) is 4.67. The van der Waals surface area contributed by atoms with Crippen LogP contribution in [0.3, 0.4) is 0 Å². The Labute approximate surface area is 281 Å². The highest BCUT2D eigenvalue weighted by Crippen LogP contribution is 2.25. The minimum absolute atomic E-state index is 0.339. The number of benzene rings is 4. The van der Waals surface area contributed by atoms with E-state index in [4.69, 9.17) is 55.5 Å². The Kier molecular flexibility index (Phi) is 14.9. The lowest BCUT2D eigenvalue weighted by molar-refractivity contribution is 0.184. The topological polar surface area (TPSA) is 42.0 Å². The van der Waals surface area contributed by atoms with Gasteiger partial charge in [0, 0.05) is 63.9 Å². The summed E-state index contributed by atoms with van der Waals surface area (Å²) in [4.78, 5) is 4.64. The van der Waals surface area contributed by atoms with Crippen LogP contribution in [0, 0.1) is 0 Å². The maximum Gasteiger partial charge on any atom is 0.697 e. The summed E-state index contributed by atoms with van der Waals surface area (Å²) in [7, 11) is -2.20. The highest BCUT2D eigenvalue weighted by molar-refractivity contribution is 7.33. The van der Waals surface area contributed by atoms with E-state index in [1.54, 1.807) is 0 Å². The molecule has 0 fully saturated rings. The largest absolute Gasteiger partial charge is 0.697 e. The van der Waals surface area contributed by atoms with E-state index in [0.717, 1.165) is 39.3 Å². The first-order valence-corrected chi connectivity index (χ1v) is 17.1. The SMILES string of the molecule is O=[P+](OCCCN(Cc1ccc(Cl)cc1)Cc1ccc(Cl)cc1)OCCCN(Cc1ccc(Cl)cc1)Cc1ccc(Cl)cc1. The van der Waals surface area contributed by atoms with Crippen molar-refractivity contribution in [1.82, 2.24) is 9.80 Å². The lowest BCUT2D eigenvalue weighted by Gasteiger charge is -2.22. The van der Waals surface area contributed by atoms with E-state index in [2.05, 4.69) is 9.80 Å². The van der Waals surface area contributed by atoms with E-state index in [0.29, 0.717) is 46.1 Å². The van der Waals surface area contributed by atoms with Gasteiger partial charge in [0.25, 0.3) is 0 Å². The van der Waals surface area contributed by atoms with Gasteiger partial charge in [-0.15, -0.1) is 9.05 Å². The molecule has 0 amide bonds. The number of hydrogen-bond donors (Lipinski definition) is 0. The highest BCUT2D eigenvalue weighted by Gasteiger charge is 2.20. The normalized spacial score (nSPS) is 11.4. The molecule has 0 saturated heterocycles. The molecule has 0 N–H and O–H groups in total. The number of rotatable bonds is 18. The Balaban J connectivity index is 1.20. The Morgan fingerprint density at radius 2 is 0.705 bits per heavy atom. The van der Waals surface area contributed by atoms with Gasteiger partial charge in [0.1, 0.15) is 13.2 Å². The van der Waals surface area contributed by atoms with Crippen molar-refractivity contribution >= 4 is 54.7 Å². The molecule has 5 nitrogen and oxygen atoms in total. The first kappa shape index (κ1) is 34.8. The van der Waals surface area contributed by atoms with Crippen LogP contribution >= 0.6 is 54.7 Å². The van der Waals surface area contributed by atoms with Gasteiger partial charge < -0.3 is 0 Å². The molecule has 0 aliphatic rings. The van der Waals surface area contributed by atoms with Crippen molar-refractivity contribution in [2.24, 2.45) is 0 Å². The molecule has 0 heterocycles. The number of nitrogens with zero attached hydrogens (tertiary/aromatic N) is 2. The molecule has 4 aromatic rings. The maximum absolute atomic E-state index is 12.5. The van der Waals surface area contributed by atoms with Crippen LogP contribution in [0.1, 0.15) is 35.1 Å². The van der Waals surface area contributed by atoms with Gasteiger partial charge in [0.05, 0.1) is 0 Å². The molecule has 44 heavy (non-hydrogen) atoms. The number of halogens is 4. The molecule has 0 aromatic heterocycles. The van der Waals surface area contributed by atoms with Gasteiger partial charge in [-0.25, -0.2) is 0 Å². The predicted octanol–water partition coefficient (Wildman–Crippen LogP) is 10.5. The fourth-order valence-electron chi connectivity index (χ4n) is 4.71. The highest BCUT2D eigenvalue weighted by atomic mass is 35.5. The van der Waals surface area contributed by atoms with Crippen molar-refractivity contribution in [2.45, 2.75) is 39.0 Å². The van der Waals surface area contributed by atoms with E-state index in [-0.39, 0.29) is 0 Å². The second kappa shape index (κ2) is 18.8. The molecule has 0 radical (unpaired) electrons. The van der Waals surface area contributed by atoms with Crippen LogP contribution in [-0.4, -0.2) is 36.1 Å². The summed E-state index contributed by atoms with van der Waals surface area (Å²) in [5.74, 6) is 0. The summed E-state index contributed by atoms with van der Waals surface area (Å²) in [6, 6.07) is 31.5. The van der Waals surface area contributed by atoms with Crippen molar-refractivity contribution in [3.05, 3.63) is 139 Å². The van der Waals surface area contributed by atoms with Gasteiger partial charge >= 0.3 is 8.25 Å². The van der Waals surface area contributed by atoms with E-state index in [9.17, 15) is 4.57 Å². The predicted molar refractivity (Wildman–Crippen MR) is 183 cm³/mol. The van der Waals surface area contributed by atoms with Gasteiger partial charge in [0.15, 0.2) is 0 Å². The third-order valence-electron chi connectivity index (χ3n) is 6.91. The summed E-state index contributed by atoms with van der Waals surface area (Å²) >= 11 is 24.3. The van der Waals surface area contributed by atoms with Crippen LogP contribution in [0.2, 0.25) is 20.1 Å². The summed E-state index contributed by atoms with van der Waals surface area (Å²) in [6.07, 6.45) is 1.42. The Hall–Kier alpha value is -2.02. The standard InChI is InChI=1S/C34H36Cl4N2O3P/c35-31-11-3-27(4-12-31)23-39(24-28-5-13-32(36)14-6-28)19-1-21-42-44(41)43-22-2-20-40(25-29-7-15-33(37)16-8-29)26-30-9-17-34(38)18-10-30/h3-18H,1-2,19-26H2/q+1. The molecule has 4 aromatic carbocycles. The van der Waals surface area contributed by atoms with Crippen LogP contribution in [0.15, 0.2) is 97.1 Å². The zero-order valence-electron chi connectivity index (χ0n) is 24.4. The minimum atomic E-state index is -2.20. The molecule has 0 atom stereocenters. The monoisotopic (exact) mass is 691 g/mol. The van der Waals surface area contributed by atoms with Gasteiger partial charge in [-0.3, -0.25) is 9.80 Å². The molecule has 4 rings (SSSR count). The Morgan fingerprint density at radius 3 is 0.955 bits per heavy atom. The molecule has 0 spiro atoms. The molecule has 10 heteroatoms. The molecule has 0 aliphatic heterocycles. The van der Waals surface area contributed by atoms with E-state index in [1.165, 1.54) is 22.3 Å². The van der Waals surface area contributed by atoms with Crippen LogP contribution in [0.4, 0.5) is 0 Å². The second-order valence-electron chi connectivity index (χ2n) is 10.5. The van der Waals surface area contributed by atoms with Crippen molar-refractivity contribution < 1.29 is 13.6 Å². The summed E-state index contributed by atoms with van der Waals surface area (Å²) < 4.78 is 23.5. The van der Waals surface area contributed by atoms with Crippen LogP contribution in [0.25, 0.3) is 0 Å². The molecule has 0 unspecified atom stereocenters. The van der Waals surface area contributed by atoms with Crippen LogP contribution in [0.5, 0.6) is 0 Å². The van der Waals surface area contributed by atoms with Crippen molar-refractivity contribution in [3.8, 4) is 0 Å². The molecule has 0 bridgehead atoms. The first-order valence-electron chi connectivity index (χ1n) is 14.5. The first-order chi connectivity index (χ1) is 21.3. The van der Waals surface area contributed by atoms with Gasteiger partial charge in [-0.2, -0.15) is 0 Å². The van der Waals surface area contributed by atoms with Crippen molar-refractivity contribution in [3.63, 3.8) is 0 Å². The third-order valence-corrected chi connectivity index (χ3v) is 8.70. The molecule has 0 saturated carbocycles. The summed E-state index contributed by atoms with van der Waals surface area (Å²) in [5, 5.41) is 2.86. The molecular weight excluding hydrogens is 657 g/mol. The molecular formula is C34H36Cl4N2O3P+.